The maximum absolute atomic E-state index is 13.3. The van der Waals surface area contributed by atoms with Gasteiger partial charge in [0.05, 0.1) is 16.7 Å². The number of hydrogen-bond acceptors (Lipinski definition) is 4. The summed E-state index contributed by atoms with van der Waals surface area (Å²) in [5.41, 5.74) is 0.0243. The summed E-state index contributed by atoms with van der Waals surface area (Å²) in [6.07, 6.45) is -0.129. The molecule has 0 aliphatic carbocycles. The molecule has 1 N–H and O–H groups in total. The van der Waals surface area contributed by atoms with E-state index in [1.54, 1.807) is 0 Å². The fourth-order valence-electron chi connectivity index (χ4n) is 3.05. The van der Waals surface area contributed by atoms with Crippen molar-refractivity contribution in [2.24, 2.45) is 0 Å². The van der Waals surface area contributed by atoms with Gasteiger partial charge in [0.25, 0.3) is 0 Å². The topological polar surface area (TPSA) is 75.7 Å². The number of halogens is 3. The van der Waals surface area contributed by atoms with E-state index in [-0.39, 0.29) is 28.8 Å². The standard InChI is InChI=1S/C17H23BrCl2N2O4S/c1-17(2,3)26-10-7-13(16(23)21-4)22(9-10)27(24,25)14-6-5-12(19)11(8-18)15(14)20/h5-6,10,13H,7-9H2,1-4H3,(H,21,23)/t10-,13+/m1/s1. The average Bonchev–Trinajstić information content (AvgIpc) is 2.97. The Morgan fingerprint density at radius 2 is 2.00 bits per heavy atom. The lowest BCUT2D eigenvalue weighted by atomic mass is 10.1. The highest BCUT2D eigenvalue weighted by atomic mass is 79.9. The van der Waals surface area contributed by atoms with E-state index in [9.17, 15) is 13.2 Å². The number of sulfonamides is 1. The zero-order valence-electron chi connectivity index (χ0n) is 15.6. The maximum atomic E-state index is 13.3. The molecular weight excluding hydrogens is 479 g/mol. The van der Waals surface area contributed by atoms with Gasteiger partial charge in [-0.15, -0.1) is 0 Å². The smallest absolute Gasteiger partial charge is 0.245 e. The summed E-state index contributed by atoms with van der Waals surface area (Å²) in [5, 5.41) is 3.26. The Hall–Kier alpha value is -0.380. The van der Waals surface area contributed by atoms with Crippen LogP contribution in [-0.2, 0) is 24.9 Å². The van der Waals surface area contributed by atoms with Crippen LogP contribution < -0.4 is 5.32 Å². The summed E-state index contributed by atoms with van der Waals surface area (Å²) in [6.45, 7) is 5.73. The zero-order valence-corrected chi connectivity index (χ0v) is 19.5. The number of nitrogens with one attached hydrogen (secondary N) is 1. The molecule has 6 nitrogen and oxygen atoms in total. The molecule has 1 aromatic carbocycles. The minimum Gasteiger partial charge on any atom is -0.371 e. The molecule has 0 radical (unpaired) electrons. The van der Waals surface area contributed by atoms with Gasteiger partial charge in [-0.05, 0) is 32.9 Å². The van der Waals surface area contributed by atoms with Crippen LogP contribution in [0.2, 0.25) is 10.0 Å². The van der Waals surface area contributed by atoms with E-state index in [0.29, 0.717) is 15.9 Å². The van der Waals surface area contributed by atoms with Gasteiger partial charge in [0.1, 0.15) is 10.9 Å². The summed E-state index contributed by atoms with van der Waals surface area (Å²) in [7, 11) is -2.55. The number of alkyl halides is 1. The summed E-state index contributed by atoms with van der Waals surface area (Å²) < 4.78 is 33.7. The second-order valence-electron chi connectivity index (χ2n) is 7.26. The summed E-state index contributed by atoms with van der Waals surface area (Å²) in [5.74, 6) is -0.385. The van der Waals surface area contributed by atoms with Crippen molar-refractivity contribution in [1.82, 2.24) is 9.62 Å². The van der Waals surface area contributed by atoms with Crippen LogP contribution in [0.3, 0.4) is 0 Å². The van der Waals surface area contributed by atoms with Crippen LogP contribution >= 0.6 is 39.1 Å². The van der Waals surface area contributed by atoms with Crippen LogP contribution in [0.15, 0.2) is 17.0 Å². The first-order chi connectivity index (χ1) is 12.4. The minimum absolute atomic E-state index is 0.0511. The molecule has 1 heterocycles. The lowest BCUT2D eigenvalue weighted by molar-refractivity contribution is -0.124. The van der Waals surface area contributed by atoms with E-state index < -0.39 is 27.8 Å². The number of hydrogen-bond donors (Lipinski definition) is 1. The van der Waals surface area contributed by atoms with E-state index in [1.807, 2.05) is 20.8 Å². The first kappa shape index (κ1) is 22.9. The van der Waals surface area contributed by atoms with E-state index in [1.165, 1.54) is 19.2 Å². The van der Waals surface area contributed by atoms with Crippen LogP contribution in [0.4, 0.5) is 0 Å². The second kappa shape index (κ2) is 8.55. The molecule has 2 atom stereocenters. The average molecular weight is 502 g/mol. The van der Waals surface area contributed by atoms with Crippen molar-refractivity contribution in [3.05, 3.63) is 27.7 Å². The SMILES string of the molecule is CNC(=O)[C@@H]1C[C@@H](OC(C)(C)C)CN1S(=O)(=O)c1ccc(Cl)c(CBr)c1Cl. The van der Waals surface area contributed by atoms with Crippen molar-refractivity contribution in [2.45, 2.75) is 55.2 Å². The molecule has 1 fully saturated rings. The lowest BCUT2D eigenvalue weighted by Gasteiger charge is -2.25. The minimum atomic E-state index is -4.03. The Balaban J connectivity index is 2.47. The summed E-state index contributed by atoms with van der Waals surface area (Å²) in [4.78, 5) is 12.3. The van der Waals surface area contributed by atoms with Gasteiger partial charge >= 0.3 is 0 Å². The van der Waals surface area contributed by atoms with Crippen molar-refractivity contribution < 1.29 is 17.9 Å². The molecule has 1 aromatic rings. The largest absolute Gasteiger partial charge is 0.371 e. The van der Waals surface area contributed by atoms with Crippen molar-refractivity contribution in [3.8, 4) is 0 Å². The van der Waals surface area contributed by atoms with Crippen LogP contribution in [0.25, 0.3) is 0 Å². The highest BCUT2D eigenvalue weighted by molar-refractivity contribution is 9.08. The number of nitrogens with zero attached hydrogens (tertiary/aromatic N) is 1. The second-order valence-corrected chi connectivity index (χ2v) is 10.5. The number of amides is 1. The highest BCUT2D eigenvalue weighted by Crippen LogP contribution is 2.37. The fourth-order valence-corrected chi connectivity index (χ4v) is 6.47. The molecule has 0 saturated carbocycles. The molecule has 1 aliphatic heterocycles. The molecular formula is C17H23BrCl2N2O4S. The van der Waals surface area contributed by atoms with Crippen LogP contribution in [0, 0.1) is 0 Å². The molecule has 152 valence electrons. The van der Waals surface area contributed by atoms with Gasteiger partial charge in [0, 0.05) is 35.9 Å². The van der Waals surface area contributed by atoms with Crippen LogP contribution in [0.1, 0.15) is 32.8 Å². The Bertz CT molecular complexity index is 827. The summed E-state index contributed by atoms with van der Waals surface area (Å²) in [6, 6.07) is 1.99. The number of rotatable bonds is 5. The molecule has 0 spiro atoms. The molecule has 1 saturated heterocycles. The van der Waals surface area contributed by atoms with Crippen LogP contribution in [0.5, 0.6) is 0 Å². The van der Waals surface area contributed by atoms with Gasteiger partial charge in [-0.1, -0.05) is 39.1 Å². The third kappa shape index (κ3) is 4.97. The zero-order chi connectivity index (χ0) is 20.6. The van der Waals surface area contributed by atoms with Crippen molar-refractivity contribution in [2.75, 3.05) is 13.6 Å². The third-order valence-corrected chi connectivity index (χ3v) is 7.53. The lowest BCUT2D eigenvalue weighted by Crippen LogP contribution is -2.45. The fraction of sp³-hybridized carbons (Fsp3) is 0.588. The maximum Gasteiger partial charge on any atom is 0.245 e. The normalized spacial score (nSPS) is 21.4. The molecule has 0 unspecified atom stereocenters. The van der Waals surface area contributed by atoms with Gasteiger partial charge in [0.15, 0.2) is 0 Å². The number of likely N-dealkylation sites (N-methyl/N-ethyl adjacent to an activating group) is 1. The van der Waals surface area contributed by atoms with E-state index in [2.05, 4.69) is 21.2 Å². The van der Waals surface area contributed by atoms with Crippen LogP contribution in [-0.4, -0.2) is 50.0 Å². The van der Waals surface area contributed by atoms with Gasteiger partial charge in [0.2, 0.25) is 15.9 Å². The summed E-state index contributed by atoms with van der Waals surface area (Å²) >= 11 is 15.7. The Kier molecular flexibility index (Phi) is 7.25. The molecule has 2 rings (SSSR count). The predicted octanol–water partition coefficient (Wildman–Crippen LogP) is 3.58. The molecule has 27 heavy (non-hydrogen) atoms. The first-order valence-electron chi connectivity index (χ1n) is 8.36. The van der Waals surface area contributed by atoms with Crippen molar-refractivity contribution in [1.29, 1.82) is 0 Å². The quantitative estimate of drug-likeness (QED) is 0.625. The van der Waals surface area contributed by atoms with Gasteiger partial charge in [-0.25, -0.2) is 8.42 Å². The van der Waals surface area contributed by atoms with Gasteiger partial charge < -0.3 is 10.1 Å². The number of carbonyl (C=O) groups excluding carboxylic acids is 1. The highest BCUT2D eigenvalue weighted by Gasteiger charge is 2.45. The number of ether oxygens (including phenoxy) is 1. The monoisotopic (exact) mass is 500 g/mol. The first-order valence-corrected chi connectivity index (χ1v) is 11.7. The van der Waals surface area contributed by atoms with Crippen molar-refractivity contribution in [3.63, 3.8) is 0 Å². The van der Waals surface area contributed by atoms with E-state index in [4.69, 9.17) is 27.9 Å². The van der Waals surface area contributed by atoms with E-state index >= 15 is 0 Å². The van der Waals surface area contributed by atoms with Gasteiger partial charge in [-0.2, -0.15) is 4.31 Å². The Labute approximate surface area is 178 Å². The van der Waals surface area contributed by atoms with Crippen molar-refractivity contribution >= 4 is 55.1 Å². The van der Waals surface area contributed by atoms with E-state index in [0.717, 1.165) is 4.31 Å². The molecule has 0 aromatic heterocycles. The Morgan fingerprint density at radius 1 is 1.37 bits per heavy atom. The predicted molar refractivity (Wildman–Crippen MR) is 110 cm³/mol. The molecule has 0 bridgehead atoms. The Morgan fingerprint density at radius 3 is 2.52 bits per heavy atom. The van der Waals surface area contributed by atoms with Gasteiger partial charge in [-0.3, -0.25) is 4.79 Å². The molecule has 1 aliphatic rings. The molecule has 1 amide bonds. The number of benzene rings is 1. The molecule has 10 heteroatoms. The third-order valence-electron chi connectivity index (χ3n) is 4.16. The number of carbonyl (C=O) groups is 1.